The Morgan fingerprint density at radius 3 is 2.57 bits per heavy atom. The summed E-state index contributed by atoms with van der Waals surface area (Å²) in [7, 11) is 0. The Balaban J connectivity index is 2.01. The van der Waals surface area contributed by atoms with Crippen LogP contribution >= 0.6 is 34.5 Å². The van der Waals surface area contributed by atoms with Crippen LogP contribution in [0, 0.1) is 0 Å². The van der Waals surface area contributed by atoms with Crippen molar-refractivity contribution in [2.24, 2.45) is 0 Å². The van der Waals surface area contributed by atoms with Gasteiger partial charge in [0, 0.05) is 18.0 Å². The Morgan fingerprint density at radius 1 is 1.29 bits per heavy atom. The van der Waals surface area contributed by atoms with Gasteiger partial charge in [0.25, 0.3) is 0 Å². The second kappa shape index (κ2) is 4.26. The molecule has 2 aromatic rings. The molecule has 0 radical (unpaired) electrons. The van der Waals surface area contributed by atoms with E-state index >= 15 is 0 Å². The highest BCUT2D eigenvalue weighted by Gasteiger charge is 2.04. The van der Waals surface area contributed by atoms with Gasteiger partial charge in [-0.05, 0) is 18.2 Å². The molecular weight excluding hydrogens is 239 g/mol. The lowest BCUT2D eigenvalue weighted by atomic mass is 10.3. The van der Waals surface area contributed by atoms with Crippen molar-refractivity contribution in [3.8, 4) is 0 Å². The number of halogens is 2. The Bertz CT molecular complexity index is 408. The van der Waals surface area contributed by atoms with Crippen LogP contribution < -0.4 is 5.43 Å². The number of nitrogens with zero attached hydrogens (tertiary/aromatic N) is 1. The predicted molar refractivity (Wildman–Crippen MR) is 61.8 cm³/mol. The zero-order valence-corrected chi connectivity index (χ0v) is 9.53. The average Bonchev–Trinajstić information content (AvgIpc) is 2.72. The molecule has 74 valence electrons. The van der Waals surface area contributed by atoms with Gasteiger partial charge in [0.05, 0.1) is 15.2 Å². The minimum atomic E-state index is 0.677. The molecule has 0 aliphatic rings. The Morgan fingerprint density at radius 2 is 2.00 bits per heavy atom. The van der Waals surface area contributed by atoms with Crippen LogP contribution in [-0.2, 0) is 6.54 Å². The van der Waals surface area contributed by atoms with E-state index in [4.69, 9.17) is 23.2 Å². The first kappa shape index (κ1) is 9.90. The topological polar surface area (TPSA) is 17.0 Å². The molecule has 2 rings (SSSR count). The van der Waals surface area contributed by atoms with Crippen LogP contribution in [0.2, 0.25) is 8.67 Å². The van der Waals surface area contributed by atoms with Gasteiger partial charge in [-0.15, -0.1) is 11.3 Å². The van der Waals surface area contributed by atoms with E-state index in [0.29, 0.717) is 6.54 Å². The van der Waals surface area contributed by atoms with Gasteiger partial charge in [0.2, 0.25) is 0 Å². The molecule has 0 amide bonds. The number of hydrogen-bond donors (Lipinski definition) is 1. The minimum Gasteiger partial charge on any atom is -0.322 e. The zero-order chi connectivity index (χ0) is 9.97. The highest BCUT2D eigenvalue weighted by Crippen LogP contribution is 2.30. The summed E-state index contributed by atoms with van der Waals surface area (Å²) < 4.78 is 3.34. The van der Waals surface area contributed by atoms with Gasteiger partial charge in [0.15, 0.2) is 0 Å². The maximum atomic E-state index is 5.97. The lowest BCUT2D eigenvalue weighted by molar-refractivity contribution is 0.849. The monoisotopic (exact) mass is 246 g/mol. The van der Waals surface area contributed by atoms with Gasteiger partial charge in [-0.3, -0.25) is 4.68 Å². The average molecular weight is 247 g/mol. The van der Waals surface area contributed by atoms with Crippen LogP contribution in [0.3, 0.4) is 0 Å². The summed E-state index contributed by atoms with van der Waals surface area (Å²) in [5, 5.41) is 0. The summed E-state index contributed by atoms with van der Waals surface area (Å²) in [6.07, 6.45) is 3.86. The molecule has 1 N–H and O–H groups in total. The van der Waals surface area contributed by atoms with Crippen LogP contribution in [0.25, 0.3) is 0 Å². The quantitative estimate of drug-likeness (QED) is 0.876. The number of rotatable bonds is 3. The summed E-state index contributed by atoms with van der Waals surface area (Å²) in [5.41, 5.74) is 4.20. The smallest absolute Gasteiger partial charge is 0.0994 e. The van der Waals surface area contributed by atoms with E-state index in [0.717, 1.165) is 14.2 Å². The molecule has 0 bridgehead atoms. The molecule has 0 spiro atoms. The van der Waals surface area contributed by atoms with E-state index in [1.54, 1.807) is 0 Å². The summed E-state index contributed by atoms with van der Waals surface area (Å²) in [4.78, 5) is 0. The van der Waals surface area contributed by atoms with E-state index < -0.39 is 0 Å². The van der Waals surface area contributed by atoms with Crippen LogP contribution in [0.4, 0.5) is 0 Å². The van der Waals surface area contributed by atoms with Crippen LogP contribution in [0.5, 0.6) is 0 Å². The maximum Gasteiger partial charge on any atom is 0.0994 e. The fourth-order valence-electron chi connectivity index (χ4n) is 1.11. The fourth-order valence-corrected chi connectivity index (χ4v) is 2.60. The molecule has 0 saturated heterocycles. The van der Waals surface area contributed by atoms with Gasteiger partial charge >= 0.3 is 0 Å². The van der Waals surface area contributed by atoms with Crippen LogP contribution in [-0.4, -0.2) is 4.68 Å². The third-order valence-corrected chi connectivity index (χ3v) is 3.35. The molecular formula is C9H8Cl2N2S. The number of aromatic nitrogens is 1. The maximum absolute atomic E-state index is 5.97. The first-order valence-electron chi connectivity index (χ1n) is 4.06. The molecule has 0 aliphatic heterocycles. The van der Waals surface area contributed by atoms with Crippen molar-refractivity contribution in [3.63, 3.8) is 0 Å². The molecule has 0 atom stereocenters. The highest BCUT2D eigenvalue weighted by atomic mass is 35.5. The van der Waals surface area contributed by atoms with Gasteiger partial charge < -0.3 is 5.43 Å². The molecule has 2 nitrogen and oxygen atoms in total. The third kappa shape index (κ3) is 2.23. The molecule has 14 heavy (non-hydrogen) atoms. The van der Waals surface area contributed by atoms with Gasteiger partial charge in [-0.1, -0.05) is 23.2 Å². The summed E-state index contributed by atoms with van der Waals surface area (Å²) in [5.74, 6) is 0. The molecule has 2 aromatic heterocycles. The molecule has 0 unspecified atom stereocenters. The van der Waals surface area contributed by atoms with Crippen molar-refractivity contribution in [2.75, 3.05) is 5.43 Å². The van der Waals surface area contributed by atoms with Crippen molar-refractivity contribution in [3.05, 3.63) is 44.8 Å². The van der Waals surface area contributed by atoms with E-state index in [1.807, 2.05) is 35.3 Å². The van der Waals surface area contributed by atoms with Crippen molar-refractivity contribution >= 4 is 34.5 Å². The normalized spacial score (nSPS) is 10.4. The van der Waals surface area contributed by atoms with Crippen LogP contribution in [0.1, 0.15) is 5.56 Å². The number of hydrogen-bond acceptors (Lipinski definition) is 2. The molecule has 2 heterocycles. The van der Waals surface area contributed by atoms with Gasteiger partial charge in [0.1, 0.15) is 0 Å². The van der Waals surface area contributed by atoms with E-state index in [-0.39, 0.29) is 0 Å². The Labute approximate surface area is 96.0 Å². The van der Waals surface area contributed by atoms with E-state index in [1.165, 1.54) is 11.3 Å². The van der Waals surface area contributed by atoms with E-state index in [2.05, 4.69) is 5.43 Å². The zero-order valence-electron chi connectivity index (χ0n) is 7.21. The fraction of sp³-hybridized carbons (Fsp3) is 0.111. The van der Waals surface area contributed by atoms with Crippen LogP contribution in [0.15, 0.2) is 30.6 Å². The molecule has 5 heteroatoms. The first-order chi connectivity index (χ1) is 6.75. The van der Waals surface area contributed by atoms with Gasteiger partial charge in [-0.25, -0.2) is 0 Å². The summed E-state index contributed by atoms with van der Waals surface area (Å²) in [6.45, 7) is 0.677. The first-order valence-corrected chi connectivity index (χ1v) is 5.63. The van der Waals surface area contributed by atoms with Gasteiger partial charge in [-0.2, -0.15) is 0 Å². The molecule has 0 aromatic carbocycles. The molecule has 0 fully saturated rings. The standard InChI is InChI=1S/C9H8Cl2N2S/c10-8-5-7(9(11)14-8)6-12-13-3-1-2-4-13/h1-5,12H,6H2. The highest BCUT2D eigenvalue weighted by molar-refractivity contribution is 7.20. The second-order valence-electron chi connectivity index (χ2n) is 2.77. The third-order valence-electron chi connectivity index (χ3n) is 1.78. The lowest BCUT2D eigenvalue weighted by Crippen LogP contribution is -2.11. The summed E-state index contributed by atoms with van der Waals surface area (Å²) >= 11 is 13.2. The van der Waals surface area contributed by atoms with Crippen molar-refractivity contribution in [2.45, 2.75) is 6.54 Å². The van der Waals surface area contributed by atoms with Crippen molar-refractivity contribution in [1.82, 2.24) is 4.68 Å². The van der Waals surface area contributed by atoms with E-state index in [9.17, 15) is 0 Å². The van der Waals surface area contributed by atoms with Crippen molar-refractivity contribution < 1.29 is 0 Å². The Kier molecular flexibility index (Phi) is 3.01. The largest absolute Gasteiger partial charge is 0.322 e. The number of thiophene rings is 1. The molecule has 0 aliphatic carbocycles. The SMILES string of the molecule is Clc1cc(CNn2cccc2)c(Cl)s1. The summed E-state index contributed by atoms with van der Waals surface area (Å²) in [6, 6.07) is 5.79. The predicted octanol–water partition coefficient (Wildman–Crippen LogP) is 3.60. The van der Waals surface area contributed by atoms with Crippen molar-refractivity contribution in [1.29, 1.82) is 0 Å². The molecule has 0 saturated carbocycles. The minimum absolute atomic E-state index is 0.677. The second-order valence-corrected chi connectivity index (χ2v) is 5.06. The lowest BCUT2D eigenvalue weighted by Gasteiger charge is -2.05. The number of nitrogens with one attached hydrogen (secondary N) is 1. The Hall–Kier alpha value is -0.640.